The molecule has 33 heavy (non-hydrogen) atoms. The van der Waals surface area contributed by atoms with Gasteiger partial charge in [-0.1, -0.05) is 12.1 Å². The lowest BCUT2D eigenvalue weighted by Crippen LogP contribution is -2.04. The van der Waals surface area contributed by atoms with Crippen molar-refractivity contribution in [3.8, 4) is 28.6 Å². The highest BCUT2D eigenvalue weighted by atomic mass is 19.1. The standard InChI is InChI=1S/C24H19FN8/c1-2-33-20(8-10-29-33)21-17-13-32(14-19-18(25)7-4-9-28-19)31-23(17)24(27)30-22(21)16-6-3-5-15(11-16)12-26/h3-11,13H,2,14H2,1H3,(H2,27,30). The minimum Gasteiger partial charge on any atom is -0.382 e. The number of nitrogen functional groups attached to an aromatic ring is 1. The summed E-state index contributed by atoms with van der Waals surface area (Å²) in [6.07, 6.45) is 5.09. The minimum absolute atomic E-state index is 0.145. The molecule has 0 saturated heterocycles. The molecule has 1 aromatic carbocycles. The van der Waals surface area contributed by atoms with Crippen LogP contribution in [-0.2, 0) is 13.1 Å². The molecule has 0 amide bonds. The molecule has 0 spiro atoms. The predicted octanol–water partition coefficient (Wildman–Crippen LogP) is 4.02. The van der Waals surface area contributed by atoms with Crippen LogP contribution in [0.15, 0.2) is 61.1 Å². The van der Waals surface area contributed by atoms with Crippen LogP contribution >= 0.6 is 0 Å². The second kappa shape index (κ2) is 8.16. The van der Waals surface area contributed by atoms with E-state index < -0.39 is 5.82 Å². The first kappa shape index (κ1) is 20.3. The Labute approximate surface area is 188 Å². The number of benzene rings is 1. The highest BCUT2D eigenvalue weighted by Gasteiger charge is 2.22. The van der Waals surface area contributed by atoms with Gasteiger partial charge in [0.15, 0.2) is 5.82 Å². The number of anilines is 1. The monoisotopic (exact) mass is 438 g/mol. The van der Waals surface area contributed by atoms with Gasteiger partial charge in [-0.25, -0.2) is 9.37 Å². The summed E-state index contributed by atoms with van der Waals surface area (Å²) in [7, 11) is 0. The Balaban J connectivity index is 1.77. The molecule has 8 nitrogen and oxygen atoms in total. The molecule has 0 aliphatic heterocycles. The Kier molecular flexibility index (Phi) is 5.03. The molecule has 9 heteroatoms. The molecule has 0 atom stereocenters. The van der Waals surface area contributed by atoms with E-state index in [-0.39, 0.29) is 18.1 Å². The van der Waals surface area contributed by atoms with Crippen LogP contribution in [0.2, 0.25) is 0 Å². The van der Waals surface area contributed by atoms with Crippen molar-refractivity contribution in [2.75, 3.05) is 5.73 Å². The molecule has 0 fully saturated rings. The molecule has 4 aromatic heterocycles. The first-order valence-corrected chi connectivity index (χ1v) is 10.4. The average Bonchev–Trinajstić information content (AvgIpc) is 3.48. The Hall–Kier alpha value is -4.58. The molecule has 162 valence electrons. The van der Waals surface area contributed by atoms with Gasteiger partial charge >= 0.3 is 0 Å². The summed E-state index contributed by atoms with van der Waals surface area (Å²) in [6, 6.07) is 14.2. The van der Waals surface area contributed by atoms with E-state index in [4.69, 9.17) is 5.73 Å². The third-order valence-electron chi connectivity index (χ3n) is 5.43. The Morgan fingerprint density at radius 1 is 1.15 bits per heavy atom. The Morgan fingerprint density at radius 2 is 2.03 bits per heavy atom. The van der Waals surface area contributed by atoms with Crippen molar-refractivity contribution in [3.05, 3.63) is 78.1 Å². The van der Waals surface area contributed by atoms with E-state index in [1.54, 1.807) is 35.3 Å². The number of rotatable bonds is 5. The summed E-state index contributed by atoms with van der Waals surface area (Å²) in [5, 5.41) is 19.1. The number of pyridine rings is 2. The summed E-state index contributed by atoms with van der Waals surface area (Å²) in [6.45, 7) is 2.80. The summed E-state index contributed by atoms with van der Waals surface area (Å²) >= 11 is 0. The molecule has 4 heterocycles. The molecule has 0 saturated carbocycles. The van der Waals surface area contributed by atoms with Crippen LogP contribution in [0.3, 0.4) is 0 Å². The lowest BCUT2D eigenvalue weighted by atomic mass is 9.98. The SMILES string of the molecule is CCn1nccc1-c1c(-c2cccc(C#N)c2)nc(N)c2nn(Cc3ncccc3F)cc12. The van der Waals surface area contributed by atoms with Crippen LogP contribution in [0.4, 0.5) is 10.2 Å². The molecular formula is C24H19FN8. The van der Waals surface area contributed by atoms with Gasteiger partial charge in [-0.05, 0) is 37.3 Å². The van der Waals surface area contributed by atoms with Gasteiger partial charge in [0, 0.05) is 41.6 Å². The van der Waals surface area contributed by atoms with Crippen LogP contribution in [0, 0.1) is 17.1 Å². The van der Waals surface area contributed by atoms with Crippen LogP contribution in [0.1, 0.15) is 18.2 Å². The van der Waals surface area contributed by atoms with Crippen LogP contribution in [0.5, 0.6) is 0 Å². The molecule has 5 aromatic rings. The number of aryl methyl sites for hydroxylation is 1. The highest BCUT2D eigenvalue weighted by molar-refractivity contribution is 6.04. The maximum atomic E-state index is 14.2. The molecule has 5 rings (SSSR count). The molecule has 0 aliphatic rings. The van der Waals surface area contributed by atoms with E-state index in [0.29, 0.717) is 23.3 Å². The molecule has 0 radical (unpaired) electrons. The zero-order valence-corrected chi connectivity index (χ0v) is 17.8. The molecular weight excluding hydrogens is 419 g/mol. The summed E-state index contributed by atoms with van der Waals surface area (Å²) < 4.78 is 17.7. The van der Waals surface area contributed by atoms with E-state index in [1.165, 1.54) is 6.07 Å². The third-order valence-corrected chi connectivity index (χ3v) is 5.43. The number of aromatic nitrogens is 6. The zero-order chi connectivity index (χ0) is 22.9. The molecule has 0 unspecified atom stereocenters. The summed E-state index contributed by atoms with van der Waals surface area (Å²) in [4.78, 5) is 8.80. The fourth-order valence-corrected chi connectivity index (χ4v) is 3.92. The van der Waals surface area contributed by atoms with Crippen LogP contribution in [0.25, 0.3) is 33.4 Å². The maximum absolute atomic E-state index is 14.2. The van der Waals surface area contributed by atoms with Crippen molar-refractivity contribution in [3.63, 3.8) is 0 Å². The van der Waals surface area contributed by atoms with Gasteiger partial charge < -0.3 is 5.73 Å². The molecule has 0 aliphatic carbocycles. The van der Waals surface area contributed by atoms with E-state index >= 15 is 0 Å². The Morgan fingerprint density at radius 3 is 2.82 bits per heavy atom. The fourth-order valence-electron chi connectivity index (χ4n) is 3.92. The van der Waals surface area contributed by atoms with E-state index in [9.17, 15) is 9.65 Å². The molecule has 0 bridgehead atoms. The number of halogens is 1. The topological polar surface area (TPSA) is 111 Å². The first-order chi connectivity index (χ1) is 16.1. The lowest BCUT2D eigenvalue weighted by Gasteiger charge is -2.13. The first-order valence-electron chi connectivity index (χ1n) is 10.4. The van der Waals surface area contributed by atoms with Gasteiger partial charge in [0.2, 0.25) is 0 Å². The minimum atomic E-state index is -0.401. The van der Waals surface area contributed by atoms with E-state index in [0.717, 1.165) is 22.2 Å². The zero-order valence-electron chi connectivity index (χ0n) is 17.8. The Bertz CT molecular complexity index is 1530. The maximum Gasteiger partial charge on any atom is 0.152 e. The van der Waals surface area contributed by atoms with Crippen molar-refractivity contribution < 1.29 is 4.39 Å². The van der Waals surface area contributed by atoms with Crippen molar-refractivity contribution in [1.29, 1.82) is 5.26 Å². The van der Waals surface area contributed by atoms with Gasteiger partial charge in [-0.15, -0.1) is 0 Å². The number of hydrogen-bond acceptors (Lipinski definition) is 6. The van der Waals surface area contributed by atoms with E-state index in [2.05, 4.69) is 26.2 Å². The quantitative estimate of drug-likeness (QED) is 0.444. The average molecular weight is 438 g/mol. The fraction of sp³-hybridized carbons (Fsp3) is 0.125. The van der Waals surface area contributed by atoms with Gasteiger partial charge in [0.25, 0.3) is 0 Å². The van der Waals surface area contributed by atoms with Crippen LogP contribution < -0.4 is 5.73 Å². The second-order valence-electron chi connectivity index (χ2n) is 7.47. The number of hydrogen-bond donors (Lipinski definition) is 1. The highest BCUT2D eigenvalue weighted by Crippen LogP contribution is 2.38. The summed E-state index contributed by atoms with van der Waals surface area (Å²) in [5.74, 6) is -0.157. The summed E-state index contributed by atoms with van der Waals surface area (Å²) in [5.41, 5.74) is 10.6. The van der Waals surface area contributed by atoms with Crippen molar-refractivity contribution in [1.82, 2.24) is 29.5 Å². The normalized spacial score (nSPS) is 11.1. The van der Waals surface area contributed by atoms with Gasteiger partial charge in [-0.2, -0.15) is 15.5 Å². The molecule has 2 N–H and O–H groups in total. The lowest BCUT2D eigenvalue weighted by molar-refractivity contribution is 0.572. The van der Waals surface area contributed by atoms with Crippen molar-refractivity contribution in [2.24, 2.45) is 0 Å². The van der Waals surface area contributed by atoms with Gasteiger partial charge in [-0.3, -0.25) is 14.3 Å². The predicted molar refractivity (Wildman–Crippen MR) is 122 cm³/mol. The smallest absolute Gasteiger partial charge is 0.152 e. The largest absolute Gasteiger partial charge is 0.382 e. The number of nitrogens with two attached hydrogens (primary N) is 1. The third kappa shape index (κ3) is 3.57. The second-order valence-corrected chi connectivity index (χ2v) is 7.47. The van der Waals surface area contributed by atoms with E-state index in [1.807, 2.05) is 36.0 Å². The van der Waals surface area contributed by atoms with Gasteiger partial charge in [0.1, 0.15) is 11.3 Å². The number of nitriles is 1. The number of nitrogens with zero attached hydrogens (tertiary/aromatic N) is 7. The van der Waals surface area contributed by atoms with Crippen molar-refractivity contribution in [2.45, 2.75) is 20.0 Å². The number of fused-ring (bicyclic) bond motifs is 1. The van der Waals surface area contributed by atoms with Crippen molar-refractivity contribution >= 4 is 16.7 Å². The van der Waals surface area contributed by atoms with Gasteiger partial charge in [0.05, 0.1) is 35.3 Å². The van der Waals surface area contributed by atoms with Crippen LogP contribution in [-0.4, -0.2) is 29.5 Å².